The van der Waals surface area contributed by atoms with Crippen LogP contribution in [0.15, 0.2) is 57.0 Å². The average Bonchev–Trinajstić information content (AvgIpc) is 2.53. The summed E-state index contributed by atoms with van der Waals surface area (Å²) >= 11 is 3.15. The Balaban J connectivity index is 1.95. The Labute approximate surface area is 133 Å². The minimum atomic E-state index is -0.354. The number of rotatable bonds is 3. The molecule has 1 heterocycles. The van der Waals surface area contributed by atoms with Crippen LogP contribution < -0.4 is 11.0 Å². The first-order valence-electron chi connectivity index (χ1n) is 6.40. The van der Waals surface area contributed by atoms with Crippen molar-refractivity contribution in [1.82, 2.24) is 10.2 Å². The van der Waals surface area contributed by atoms with Crippen molar-refractivity contribution in [3.63, 3.8) is 0 Å². The Bertz CT molecular complexity index is 921. The van der Waals surface area contributed by atoms with Gasteiger partial charge in [-0.1, -0.05) is 30.3 Å². The topological polar surface area (TPSA) is 90.4 Å². The van der Waals surface area contributed by atoms with Gasteiger partial charge in [0.1, 0.15) is 10.2 Å². The van der Waals surface area contributed by atoms with Crippen molar-refractivity contribution in [2.75, 3.05) is 5.43 Å². The molecule has 1 aromatic heterocycles. The second-order valence-corrected chi connectivity index (χ2v) is 5.31. The fourth-order valence-corrected chi connectivity index (χ4v) is 2.33. The van der Waals surface area contributed by atoms with Crippen LogP contribution in [0.25, 0.3) is 10.8 Å². The predicted octanol–water partition coefficient (Wildman–Crippen LogP) is 2.84. The van der Waals surface area contributed by atoms with Crippen LogP contribution in [-0.2, 0) is 0 Å². The van der Waals surface area contributed by atoms with Crippen LogP contribution >= 0.6 is 15.9 Å². The molecule has 22 heavy (non-hydrogen) atoms. The van der Waals surface area contributed by atoms with Crippen LogP contribution in [0.5, 0.6) is 5.75 Å². The Morgan fingerprint density at radius 1 is 1.27 bits per heavy atom. The molecule has 0 spiro atoms. The van der Waals surface area contributed by atoms with Gasteiger partial charge in [0.2, 0.25) is 0 Å². The molecular formula is C15H11BrN4O2. The fraction of sp³-hybridized carbons (Fsp3) is 0. The van der Waals surface area contributed by atoms with Gasteiger partial charge < -0.3 is 5.11 Å². The molecule has 0 aliphatic carbocycles. The molecule has 110 valence electrons. The summed E-state index contributed by atoms with van der Waals surface area (Å²) in [6, 6.07) is 11.1. The number of H-pyrrole nitrogens is 1. The van der Waals surface area contributed by atoms with Crippen LogP contribution in [0.4, 0.5) is 5.69 Å². The number of nitrogens with one attached hydrogen (secondary N) is 2. The summed E-state index contributed by atoms with van der Waals surface area (Å²) in [7, 11) is 0. The summed E-state index contributed by atoms with van der Waals surface area (Å²) in [4.78, 5) is 11.4. The second kappa shape index (κ2) is 5.98. The lowest BCUT2D eigenvalue weighted by Gasteiger charge is -2.05. The normalized spacial score (nSPS) is 11.1. The molecule has 3 N–H and O–H groups in total. The number of anilines is 1. The standard InChI is InChI=1S/C15H11BrN4O2/c16-14-12(8-18-20-15(14)22)19-17-7-11-10-4-2-1-3-9(10)5-6-13(11)21/h1-8,21H,(H2,19,20,22)/b17-7+. The summed E-state index contributed by atoms with van der Waals surface area (Å²) < 4.78 is 0.307. The smallest absolute Gasteiger partial charge is 0.280 e. The average molecular weight is 359 g/mol. The molecule has 3 rings (SSSR count). The van der Waals surface area contributed by atoms with E-state index in [1.165, 1.54) is 12.4 Å². The van der Waals surface area contributed by atoms with Crippen molar-refractivity contribution in [3.8, 4) is 5.75 Å². The monoisotopic (exact) mass is 358 g/mol. The zero-order valence-electron chi connectivity index (χ0n) is 11.2. The van der Waals surface area contributed by atoms with E-state index in [9.17, 15) is 9.90 Å². The van der Waals surface area contributed by atoms with E-state index < -0.39 is 0 Å². The Morgan fingerprint density at radius 2 is 2.09 bits per heavy atom. The van der Waals surface area contributed by atoms with Crippen molar-refractivity contribution >= 4 is 38.6 Å². The number of benzene rings is 2. The summed E-state index contributed by atoms with van der Waals surface area (Å²) in [6.07, 6.45) is 2.94. The first-order chi connectivity index (χ1) is 10.7. The van der Waals surface area contributed by atoms with Crippen molar-refractivity contribution < 1.29 is 5.11 Å². The minimum absolute atomic E-state index is 0.132. The van der Waals surface area contributed by atoms with Crippen LogP contribution in [0.2, 0.25) is 0 Å². The van der Waals surface area contributed by atoms with Gasteiger partial charge in [-0.15, -0.1) is 0 Å². The van der Waals surface area contributed by atoms with Gasteiger partial charge in [0, 0.05) is 5.56 Å². The van der Waals surface area contributed by atoms with Gasteiger partial charge in [-0.2, -0.15) is 10.2 Å². The van der Waals surface area contributed by atoms with Crippen molar-refractivity contribution in [3.05, 3.63) is 63.0 Å². The molecule has 0 fully saturated rings. The zero-order valence-corrected chi connectivity index (χ0v) is 12.8. The van der Waals surface area contributed by atoms with Gasteiger partial charge in [-0.3, -0.25) is 10.2 Å². The van der Waals surface area contributed by atoms with Gasteiger partial charge >= 0.3 is 0 Å². The van der Waals surface area contributed by atoms with Gasteiger partial charge in [0.25, 0.3) is 5.56 Å². The number of phenolic OH excluding ortho intramolecular Hbond substituents is 1. The van der Waals surface area contributed by atoms with E-state index in [0.29, 0.717) is 15.7 Å². The fourth-order valence-electron chi connectivity index (χ4n) is 2.05. The Kier molecular flexibility index (Phi) is 3.88. The first kappa shape index (κ1) is 14.3. The number of halogens is 1. The summed E-state index contributed by atoms with van der Waals surface area (Å²) in [5.74, 6) is 0.132. The third kappa shape index (κ3) is 2.71. The largest absolute Gasteiger partial charge is 0.507 e. The lowest BCUT2D eigenvalue weighted by molar-refractivity contribution is 0.475. The van der Waals surface area contributed by atoms with Crippen LogP contribution in [0.1, 0.15) is 5.56 Å². The molecule has 0 saturated heterocycles. The number of hydrogen-bond donors (Lipinski definition) is 3. The van der Waals surface area contributed by atoms with Crippen molar-refractivity contribution in [1.29, 1.82) is 0 Å². The van der Waals surface area contributed by atoms with Crippen LogP contribution in [0.3, 0.4) is 0 Å². The SMILES string of the molecule is O=c1[nH]ncc(N/N=C/c2c(O)ccc3ccccc23)c1Br. The molecular weight excluding hydrogens is 348 g/mol. The van der Waals surface area contributed by atoms with E-state index in [0.717, 1.165) is 10.8 Å². The maximum atomic E-state index is 11.4. The molecule has 0 aliphatic heterocycles. The third-order valence-electron chi connectivity index (χ3n) is 3.12. The molecule has 6 nitrogen and oxygen atoms in total. The van der Waals surface area contributed by atoms with Gasteiger partial charge in [0.05, 0.1) is 18.1 Å². The highest BCUT2D eigenvalue weighted by molar-refractivity contribution is 9.10. The van der Waals surface area contributed by atoms with E-state index in [-0.39, 0.29) is 11.3 Å². The van der Waals surface area contributed by atoms with E-state index in [2.05, 4.69) is 36.7 Å². The molecule has 0 aliphatic rings. The van der Waals surface area contributed by atoms with E-state index in [1.54, 1.807) is 6.07 Å². The number of fused-ring (bicyclic) bond motifs is 1. The summed E-state index contributed by atoms with van der Waals surface area (Å²) in [5.41, 5.74) is 3.40. The molecule has 0 amide bonds. The second-order valence-electron chi connectivity index (χ2n) is 4.52. The number of phenols is 1. The Hall–Kier alpha value is -2.67. The molecule has 7 heteroatoms. The molecule has 0 unspecified atom stereocenters. The number of aromatic amines is 1. The first-order valence-corrected chi connectivity index (χ1v) is 7.19. The highest BCUT2D eigenvalue weighted by Crippen LogP contribution is 2.25. The van der Waals surface area contributed by atoms with Crippen molar-refractivity contribution in [2.45, 2.75) is 0 Å². The van der Waals surface area contributed by atoms with Gasteiger partial charge in [0.15, 0.2) is 0 Å². The number of aromatic hydroxyl groups is 1. The Morgan fingerprint density at radius 3 is 2.95 bits per heavy atom. The highest BCUT2D eigenvalue weighted by Gasteiger charge is 2.05. The molecule has 0 atom stereocenters. The number of nitrogens with zero attached hydrogens (tertiary/aromatic N) is 2. The molecule has 0 radical (unpaired) electrons. The lowest BCUT2D eigenvalue weighted by atomic mass is 10.0. The maximum Gasteiger partial charge on any atom is 0.280 e. The van der Waals surface area contributed by atoms with Crippen molar-refractivity contribution in [2.24, 2.45) is 5.10 Å². The van der Waals surface area contributed by atoms with Crippen LogP contribution in [0, 0.1) is 0 Å². The summed E-state index contributed by atoms with van der Waals surface area (Å²) in [6.45, 7) is 0. The van der Waals surface area contributed by atoms with Gasteiger partial charge in [-0.05, 0) is 32.8 Å². The zero-order chi connectivity index (χ0) is 15.5. The summed E-state index contributed by atoms with van der Waals surface area (Å²) in [5, 5.41) is 21.9. The maximum absolute atomic E-state index is 11.4. The third-order valence-corrected chi connectivity index (χ3v) is 3.91. The van der Waals surface area contributed by atoms with E-state index >= 15 is 0 Å². The molecule has 0 bridgehead atoms. The highest BCUT2D eigenvalue weighted by atomic mass is 79.9. The number of hydrazone groups is 1. The van der Waals surface area contributed by atoms with Crippen LogP contribution in [-0.4, -0.2) is 21.5 Å². The molecule has 0 saturated carbocycles. The quantitative estimate of drug-likeness (QED) is 0.496. The lowest BCUT2D eigenvalue weighted by Crippen LogP contribution is -2.10. The molecule has 3 aromatic rings. The van der Waals surface area contributed by atoms with E-state index in [1.807, 2.05) is 30.3 Å². The number of aromatic nitrogens is 2. The minimum Gasteiger partial charge on any atom is -0.507 e. The molecule has 2 aromatic carbocycles. The predicted molar refractivity (Wildman–Crippen MR) is 89.4 cm³/mol. The number of hydrogen-bond acceptors (Lipinski definition) is 5. The van der Waals surface area contributed by atoms with E-state index in [4.69, 9.17) is 0 Å². The van der Waals surface area contributed by atoms with Gasteiger partial charge in [-0.25, -0.2) is 5.10 Å².